The van der Waals surface area contributed by atoms with Crippen molar-refractivity contribution in [2.45, 2.75) is 44.6 Å². The first-order chi connectivity index (χ1) is 16.5. The van der Waals surface area contributed by atoms with Gasteiger partial charge in [-0.1, -0.05) is 36.4 Å². The molecule has 2 N–H and O–H groups in total. The molecule has 0 unspecified atom stereocenters. The molecule has 0 amide bonds. The first-order valence-electron chi connectivity index (χ1n) is 10.9. The van der Waals surface area contributed by atoms with E-state index < -0.39 is 42.2 Å². The van der Waals surface area contributed by atoms with Crippen LogP contribution in [0.1, 0.15) is 41.5 Å². The van der Waals surface area contributed by atoms with Crippen molar-refractivity contribution in [1.82, 2.24) is 0 Å². The van der Waals surface area contributed by atoms with Crippen molar-refractivity contribution in [3.05, 3.63) is 71.8 Å². The molecular weight excluding hydrogens is 478 g/mol. The van der Waals surface area contributed by atoms with Crippen LogP contribution in [-0.4, -0.2) is 60.2 Å². The molecule has 0 aliphatic heterocycles. The molecule has 0 bridgehead atoms. The van der Waals surface area contributed by atoms with Gasteiger partial charge in [0.2, 0.25) is 6.10 Å². The van der Waals surface area contributed by atoms with Crippen LogP contribution in [0.15, 0.2) is 60.7 Å². The van der Waals surface area contributed by atoms with E-state index >= 15 is 0 Å². The van der Waals surface area contributed by atoms with Gasteiger partial charge in [-0.15, -0.1) is 11.6 Å². The van der Waals surface area contributed by atoms with Gasteiger partial charge in [0.05, 0.1) is 28.5 Å². The average molecular weight is 506 g/mol. The van der Waals surface area contributed by atoms with E-state index in [0.717, 1.165) is 0 Å². The zero-order valence-electron chi connectivity index (χ0n) is 19.6. The molecule has 0 aliphatic carbocycles. The van der Waals surface area contributed by atoms with Crippen LogP contribution in [-0.2, 0) is 23.8 Å². The van der Waals surface area contributed by atoms with Crippen molar-refractivity contribution in [1.29, 1.82) is 0 Å². The summed E-state index contributed by atoms with van der Waals surface area (Å²) >= 11 is 5.93. The molecule has 2 aromatic rings. The molecule has 0 fully saturated rings. The number of halogens is 1. The highest BCUT2D eigenvalue weighted by atomic mass is 35.5. The maximum Gasteiger partial charge on any atom is 0.352 e. The first kappa shape index (κ1) is 27.8. The third-order valence-corrected chi connectivity index (χ3v) is 5.02. The van der Waals surface area contributed by atoms with E-state index in [0.29, 0.717) is 0 Å². The number of alkyl halides is 1. The molecule has 0 radical (unpaired) electrons. The van der Waals surface area contributed by atoms with Gasteiger partial charge >= 0.3 is 17.9 Å². The molecular formula is C25H28ClNO8. The fourth-order valence-electron chi connectivity index (χ4n) is 2.84. The predicted octanol–water partition coefficient (Wildman–Crippen LogP) is 0.700. The van der Waals surface area contributed by atoms with Crippen molar-refractivity contribution in [3.63, 3.8) is 0 Å². The number of carboxylic acids is 1. The van der Waals surface area contributed by atoms with Crippen LogP contribution in [0.5, 0.6) is 0 Å². The third-order valence-electron chi connectivity index (χ3n) is 4.67. The first-order valence-corrected chi connectivity index (χ1v) is 11.4. The Morgan fingerprint density at radius 1 is 0.829 bits per heavy atom. The van der Waals surface area contributed by atoms with Gasteiger partial charge in [-0.25, -0.2) is 14.4 Å². The fourth-order valence-corrected chi connectivity index (χ4v) is 3.03. The molecule has 3 atom stereocenters. The van der Waals surface area contributed by atoms with Crippen LogP contribution < -0.4 is 10.4 Å². The summed E-state index contributed by atoms with van der Waals surface area (Å²) in [5.41, 5.74) is -0.125. The van der Waals surface area contributed by atoms with Gasteiger partial charge in [-0.05, 0) is 45.0 Å². The van der Waals surface area contributed by atoms with Crippen molar-refractivity contribution >= 4 is 35.5 Å². The van der Waals surface area contributed by atoms with Crippen molar-refractivity contribution in [2.75, 3.05) is 12.4 Å². The maximum absolute atomic E-state index is 13.0. The molecule has 9 nitrogen and oxygen atoms in total. The minimum atomic E-state index is -2.27. The zero-order valence-corrected chi connectivity index (χ0v) is 20.4. The number of aliphatic carboxylic acids is 1. The topological polar surface area (TPSA) is 136 Å². The van der Waals surface area contributed by atoms with E-state index in [1.165, 1.54) is 24.3 Å². The average Bonchev–Trinajstić information content (AvgIpc) is 2.83. The number of benzene rings is 2. The summed E-state index contributed by atoms with van der Waals surface area (Å²) in [6.07, 6.45) is -5.25. The second-order valence-electron chi connectivity index (χ2n) is 8.72. The van der Waals surface area contributed by atoms with E-state index in [1.807, 2.05) is 26.1 Å². The van der Waals surface area contributed by atoms with Gasteiger partial charge in [0.15, 0.2) is 12.2 Å². The van der Waals surface area contributed by atoms with E-state index in [9.17, 15) is 24.3 Å². The van der Waals surface area contributed by atoms with Gasteiger partial charge in [-0.2, -0.15) is 0 Å². The molecule has 2 rings (SSSR count). The number of esters is 3. The zero-order chi connectivity index (χ0) is 26.0. The highest BCUT2D eigenvalue weighted by Gasteiger charge is 2.39. The molecule has 0 spiro atoms. The Morgan fingerprint density at radius 3 is 1.69 bits per heavy atom. The summed E-state index contributed by atoms with van der Waals surface area (Å²) in [5, 5.41) is 13.8. The summed E-state index contributed by atoms with van der Waals surface area (Å²) in [6, 6.07) is 15.1. The Kier molecular flexibility index (Phi) is 10.2. The van der Waals surface area contributed by atoms with E-state index in [1.54, 1.807) is 36.4 Å². The number of quaternary nitrogens is 1. The van der Waals surface area contributed by atoms with Crippen molar-refractivity contribution in [2.24, 2.45) is 0 Å². The van der Waals surface area contributed by atoms with Crippen molar-refractivity contribution in [3.8, 4) is 0 Å². The van der Waals surface area contributed by atoms with Gasteiger partial charge in [-0.3, -0.25) is 0 Å². The van der Waals surface area contributed by atoms with Crippen LogP contribution in [0.25, 0.3) is 0 Å². The van der Waals surface area contributed by atoms with E-state index in [4.69, 9.17) is 25.8 Å². The number of carbonyl (C=O) groups is 4. The third kappa shape index (κ3) is 9.03. The van der Waals surface area contributed by atoms with E-state index in [-0.39, 0.29) is 29.1 Å². The molecule has 35 heavy (non-hydrogen) atoms. The van der Waals surface area contributed by atoms with Gasteiger partial charge in [0.1, 0.15) is 6.54 Å². The van der Waals surface area contributed by atoms with Crippen LogP contribution in [0.4, 0.5) is 0 Å². The Labute approximate surface area is 208 Å². The number of hydrogen-bond acceptors (Lipinski definition) is 8. The van der Waals surface area contributed by atoms with Crippen molar-refractivity contribution < 1.29 is 43.8 Å². The number of carboxylic acid groups (broad SMARTS) is 1. The smallest absolute Gasteiger partial charge is 0.352 e. The molecule has 0 aliphatic rings. The fraction of sp³-hybridized carbons (Fsp3) is 0.360. The van der Waals surface area contributed by atoms with Crippen LogP contribution in [0.3, 0.4) is 0 Å². The summed E-state index contributed by atoms with van der Waals surface area (Å²) in [5.74, 6) is -5.35. The van der Waals surface area contributed by atoms with Gasteiger partial charge in [0, 0.05) is 0 Å². The number of nitrogens with two attached hydrogens (primary N) is 1. The Bertz CT molecular complexity index is 1010. The Hall–Kier alpha value is -3.43. The monoisotopic (exact) mass is 505 g/mol. The molecule has 10 heteroatoms. The summed E-state index contributed by atoms with van der Waals surface area (Å²) in [7, 11) is 0. The summed E-state index contributed by atoms with van der Waals surface area (Å²) in [4.78, 5) is 50.1. The highest BCUT2D eigenvalue weighted by Crippen LogP contribution is 2.15. The number of rotatable bonds is 11. The minimum absolute atomic E-state index is 0.0265. The lowest BCUT2D eigenvalue weighted by Crippen LogP contribution is -2.96. The number of hydrogen-bond donors (Lipinski definition) is 1. The van der Waals surface area contributed by atoms with Crippen LogP contribution in [0.2, 0.25) is 0 Å². The molecule has 0 saturated carbocycles. The van der Waals surface area contributed by atoms with Crippen LogP contribution >= 0.6 is 11.6 Å². The SMILES string of the molecule is CC(C)(C)[NH2+]C[C@@H](CCl)OC(=O)[C@@H](OC(=O)c1ccccc1)[C@@H](OC(=O)c1ccccc1)C(=O)[O-]. The lowest BCUT2D eigenvalue weighted by atomic mass is 10.1. The maximum atomic E-state index is 13.0. The summed E-state index contributed by atoms with van der Waals surface area (Å²) in [6.45, 7) is 6.09. The minimum Gasteiger partial charge on any atom is -0.546 e. The van der Waals surface area contributed by atoms with Gasteiger partial charge in [0.25, 0.3) is 0 Å². The summed E-state index contributed by atoms with van der Waals surface area (Å²) < 4.78 is 15.6. The Morgan fingerprint density at radius 2 is 1.29 bits per heavy atom. The van der Waals surface area contributed by atoms with Gasteiger partial charge < -0.3 is 29.4 Å². The quantitative estimate of drug-likeness (QED) is 0.268. The standard InChI is InChI=1S/C25H28ClNO8/c1-25(2,3)27-15-18(14-26)33-24(32)20(35-23(31)17-12-8-5-9-13-17)19(21(28)29)34-22(30)16-10-6-4-7-11-16/h4-13,18-20,27H,14-15H2,1-3H3,(H,28,29)/t18-,19-,20+/m1/s1. The largest absolute Gasteiger partial charge is 0.546 e. The second kappa shape index (κ2) is 12.9. The molecule has 0 aromatic heterocycles. The molecule has 188 valence electrons. The predicted molar refractivity (Wildman–Crippen MR) is 123 cm³/mol. The number of carbonyl (C=O) groups excluding carboxylic acids is 4. The van der Waals surface area contributed by atoms with E-state index in [2.05, 4.69) is 0 Å². The highest BCUT2D eigenvalue weighted by molar-refractivity contribution is 6.18. The number of ether oxygens (including phenoxy) is 3. The molecule has 0 saturated heterocycles. The normalized spacial score (nSPS) is 13.7. The lowest BCUT2D eigenvalue weighted by molar-refractivity contribution is -0.721. The Balaban J connectivity index is 2.30. The molecule has 0 heterocycles. The second-order valence-corrected chi connectivity index (χ2v) is 9.03. The lowest BCUT2D eigenvalue weighted by Gasteiger charge is -2.28. The van der Waals surface area contributed by atoms with Crippen LogP contribution in [0, 0.1) is 0 Å². The molecule has 2 aromatic carbocycles.